The molecule has 0 radical (unpaired) electrons. The largest absolute Gasteiger partial charge is 0.510 e. The van der Waals surface area contributed by atoms with Crippen LogP contribution in [0.3, 0.4) is 0 Å². The summed E-state index contributed by atoms with van der Waals surface area (Å²) >= 11 is 4.67. The van der Waals surface area contributed by atoms with Crippen LogP contribution in [0.5, 0.6) is 11.5 Å². The van der Waals surface area contributed by atoms with E-state index in [1.807, 2.05) is 13.0 Å². The van der Waals surface area contributed by atoms with E-state index in [4.69, 9.17) is 4.74 Å². The summed E-state index contributed by atoms with van der Waals surface area (Å²) in [6, 6.07) is 9.58. The standard InChI is InChI=1S/C36H25NO9S/c1-3-4-5-8-15-13-18-22(16-9-6-7-10-21(16)47)17-11-12-36(28(17)32(42)23(18)35(45)37-15)33(43)26-27(34(36)44)31(41)25-24(30(26)40)19(38)14-20(46-2)29(25)39/h3-10,13-14,42-44,47H,11-12H2,1-2H3,(H,37,45)/t36-/m0/s1. The van der Waals surface area contributed by atoms with Gasteiger partial charge in [0.15, 0.2) is 11.2 Å². The highest BCUT2D eigenvalue weighted by molar-refractivity contribution is 7.80. The lowest BCUT2D eigenvalue weighted by Gasteiger charge is -2.28. The number of phenolic OH excluding ortho intramolecular Hbond substituents is 1. The monoisotopic (exact) mass is 647 g/mol. The van der Waals surface area contributed by atoms with Crippen molar-refractivity contribution in [3.05, 3.63) is 144 Å². The van der Waals surface area contributed by atoms with Gasteiger partial charge < -0.3 is 25.0 Å². The predicted molar refractivity (Wildman–Crippen MR) is 180 cm³/mol. The highest BCUT2D eigenvalue weighted by Gasteiger charge is 2.54. The average molecular weight is 648 g/mol. The molecule has 0 unspecified atom stereocenters. The zero-order valence-corrected chi connectivity index (χ0v) is 25.8. The molecule has 0 saturated heterocycles. The minimum absolute atomic E-state index is 0.0735. The van der Waals surface area contributed by atoms with Crippen molar-refractivity contribution in [3.8, 4) is 22.6 Å². The number of nitrogens with one attached hydrogen (secondary N) is 1. The number of ether oxygens (including phenoxy) is 1. The number of phenols is 1. The van der Waals surface area contributed by atoms with E-state index < -0.39 is 76.6 Å². The molecular weight excluding hydrogens is 622 g/mol. The number of pyridine rings is 1. The van der Waals surface area contributed by atoms with Crippen molar-refractivity contribution in [1.29, 1.82) is 0 Å². The van der Waals surface area contributed by atoms with Crippen LogP contribution in [-0.2, 0) is 11.8 Å². The van der Waals surface area contributed by atoms with Crippen LogP contribution in [0.1, 0.15) is 30.2 Å². The van der Waals surface area contributed by atoms with Gasteiger partial charge in [0.05, 0.1) is 33.4 Å². The van der Waals surface area contributed by atoms with Crippen molar-refractivity contribution >= 4 is 41.0 Å². The summed E-state index contributed by atoms with van der Waals surface area (Å²) in [5.74, 6) is -2.56. The third-order valence-electron chi connectivity index (χ3n) is 9.20. The maximum absolute atomic E-state index is 13.9. The zero-order chi connectivity index (χ0) is 33.5. The first-order valence-corrected chi connectivity index (χ1v) is 15.0. The van der Waals surface area contributed by atoms with Gasteiger partial charge in [-0.05, 0) is 54.7 Å². The lowest BCUT2D eigenvalue weighted by atomic mass is 9.77. The maximum atomic E-state index is 13.9. The number of thiol groups is 1. The van der Waals surface area contributed by atoms with Crippen LogP contribution in [-0.4, -0.2) is 27.4 Å². The van der Waals surface area contributed by atoms with E-state index in [0.29, 0.717) is 32.7 Å². The summed E-state index contributed by atoms with van der Waals surface area (Å²) in [4.78, 5) is 70.7. The summed E-state index contributed by atoms with van der Waals surface area (Å²) in [5.41, 5.74) is -5.04. The second-order valence-corrected chi connectivity index (χ2v) is 12.0. The fourth-order valence-corrected chi connectivity index (χ4v) is 7.49. The third-order valence-corrected chi connectivity index (χ3v) is 9.59. The Labute approximate surface area is 268 Å². The molecule has 47 heavy (non-hydrogen) atoms. The molecule has 0 saturated carbocycles. The highest BCUT2D eigenvalue weighted by atomic mass is 32.1. The number of fused-ring (bicyclic) bond motifs is 4. The molecule has 1 heterocycles. The van der Waals surface area contributed by atoms with Crippen LogP contribution in [0.25, 0.3) is 39.5 Å². The Kier molecular flexibility index (Phi) is 6.66. The van der Waals surface area contributed by atoms with Crippen LogP contribution >= 0.6 is 12.6 Å². The van der Waals surface area contributed by atoms with Crippen LogP contribution in [0.2, 0.25) is 0 Å². The van der Waals surface area contributed by atoms with Gasteiger partial charge in [-0.15, -0.1) is 12.6 Å². The van der Waals surface area contributed by atoms with Crippen molar-refractivity contribution in [2.24, 2.45) is 0 Å². The molecule has 4 N–H and O–H groups in total. The summed E-state index contributed by atoms with van der Waals surface area (Å²) < 4.78 is 4.95. The molecule has 4 aliphatic carbocycles. The Morgan fingerprint density at radius 3 is 2.23 bits per heavy atom. The van der Waals surface area contributed by atoms with Crippen LogP contribution < -0.4 is 42.4 Å². The predicted octanol–water partition coefficient (Wildman–Crippen LogP) is 2.06. The summed E-state index contributed by atoms with van der Waals surface area (Å²) in [7, 11) is 1.13. The number of aliphatic hydroxyl groups is 2. The second-order valence-electron chi connectivity index (χ2n) is 11.5. The van der Waals surface area contributed by atoms with Gasteiger partial charge in [-0.2, -0.15) is 0 Å². The molecule has 0 fully saturated rings. The molecule has 7 rings (SSSR count). The molecule has 11 heteroatoms. The fraction of sp³-hybridized carbons (Fsp3) is 0.139. The second kappa shape index (κ2) is 10.4. The van der Waals surface area contributed by atoms with E-state index in [9.17, 15) is 39.3 Å². The molecule has 1 spiro atoms. The van der Waals surface area contributed by atoms with E-state index in [0.717, 1.165) is 13.2 Å². The number of H-pyrrole nitrogens is 1. The van der Waals surface area contributed by atoms with Gasteiger partial charge in [0.2, 0.25) is 16.3 Å². The molecule has 1 atom stereocenters. The molecular formula is C36H25NO9S. The molecule has 2 aromatic carbocycles. The number of aromatic nitrogens is 1. The van der Waals surface area contributed by atoms with Crippen LogP contribution in [0, 0.1) is 10.4 Å². The van der Waals surface area contributed by atoms with E-state index in [2.05, 4.69) is 17.6 Å². The van der Waals surface area contributed by atoms with Gasteiger partial charge in [0, 0.05) is 27.6 Å². The van der Waals surface area contributed by atoms with Crippen LogP contribution in [0.4, 0.5) is 0 Å². The van der Waals surface area contributed by atoms with E-state index in [-0.39, 0.29) is 23.8 Å². The number of aliphatic hydroxyl groups excluding tert-OH is 2. The molecule has 0 bridgehead atoms. The first-order valence-electron chi connectivity index (χ1n) is 14.6. The lowest BCUT2D eigenvalue weighted by molar-refractivity contribution is 0.362. The first kappa shape index (κ1) is 30.0. The molecule has 0 aliphatic heterocycles. The van der Waals surface area contributed by atoms with Gasteiger partial charge in [-0.1, -0.05) is 36.4 Å². The summed E-state index contributed by atoms with van der Waals surface area (Å²) in [6.45, 7) is 1.84. The van der Waals surface area contributed by atoms with Gasteiger partial charge in [-0.25, -0.2) is 0 Å². The Bertz CT molecular complexity index is 2790. The normalized spacial score (nSPS) is 17.2. The molecule has 1 aromatic heterocycles. The van der Waals surface area contributed by atoms with Crippen molar-refractivity contribution in [3.63, 3.8) is 0 Å². The first-order chi connectivity index (χ1) is 22.5. The minimum atomic E-state index is -2.04. The molecule has 4 aliphatic rings. The number of rotatable bonds is 4. The Hall–Kier alpha value is -5.68. The fourth-order valence-electron chi connectivity index (χ4n) is 7.22. The maximum Gasteiger partial charge on any atom is 0.260 e. The van der Waals surface area contributed by atoms with Crippen molar-refractivity contribution in [2.75, 3.05) is 7.11 Å². The number of hydrogen-bond donors (Lipinski definition) is 5. The lowest BCUT2D eigenvalue weighted by Crippen LogP contribution is -2.51. The highest BCUT2D eigenvalue weighted by Crippen LogP contribution is 2.57. The van der Waals surface area contributed by atoms with Gasteiger partial charge >= 0.3 is 0 Å². The number of methoxy groups -OCH3 is 1. The number of benzene rings is 2. The Morgan fingerprint density at radius 2 is 1.57 bits per heavy atom. The van der Waals surface area contributed by atoms with Crippen molar-refractivity contribution in [1.82, 2.24) is 4.98 Å². The van der Waals surface area contributed by atoms with Gasteiger partial charge in [0.1, 0.15) is 22.7 Å². The molecule has 234 valence electrons. The summed E-state index contributed by atoms with van der Waals surface area (Å²) in [6.07, 6.45) is 7.02. The zero-order valence-electron chi connectivity index (χ0n) is 24.9. The van der Waals surface area contributed by atoms with E-state index in [1.165, 1.54) is 0 Å². The third kappa shape index (κ3) is 3.83. The number of allylic oxidation sites excluding steroid dienone is 3. The van der Waals surface area contributed by atoms with Gasteiger partial charge in [0.25, 0.3) is 5.56 Å². The molecule has 10 nitrogen and oxygen atoms in total. The molecule has 0 amide bonds. The Balaban J connectivity index is 1.69. The Morgan fingerprint density at radius 1 is 0.894 bits per heavy atom. The summed E-state index contributed by atoms with van der Waals surface area (Å²) in [5, 5.41) is 33.2. The SMILES string of the molecule is CC=CC=Cc1cc2c(-c3ccccc3S)c3c(c(O)c2c(=O)[nH]1)[C@@]1(CC3)C(O)=c2c(=O)c3c(=O)cc(OC)c(=O)c=3c(=O)c2=C1O. The average Bonchev–Trinajstić information content (AvgIpc) is 3.54. The smallest absolute Gasteiger partial charge is 0.260 e. The number of hydrogen-bond acceptors (Lipinski definition) is 10. The molecule has 3 aromatic rings. The number of aromatic amines is 1. The van der Waals surface area contributed by atoms with Crippen molar-refractivity contribution < 1.29 is 20.1 Å². The van der Waals surface area contributed by atoms with E-state index in [1.54, 1.807) is 48.6 Å². The topological polar surface area (TPSA) is 171 Å². The van der Waals surface area contributed by atoms with E-state index >= 15 is 0 Å². The van der Waals surface area contributed by atoms with Gasteiger partial charge in [-0.3, -0.25) is 24.0 Å². The quantitative estimate of drug-likeness (QED) is 0.145. The van der Waals surface area contributed by atoms with Crippen LogP contribution in [0.15, 0.2) is 83.5 Å². The van der Waals surface area contributed by atoms with Crippen molar-refractivity contribution in [2.45, 2.75) is 30.1 Å². The number of aromatic hydroxyl groups is 1. The minimum Gasteiger partial charge on any atom is -0.510 e.